The molecule has 2 rings (SSSR count). The molecule has 4 nitrogen and oxygen atoms in total. The van der Waals surface area contributed by atoms with Crippen molar-refractivity contribution in [3.63, 3.8) is 0 Å². The molecule has 0 aromatic heterocycles. The smallest absolute Gasteiger partial charge is 0.236 e. The fraction of sp³-hybridized carbons (Fsp3) is 0.143. The van der Waals surface area contributed by atoms with Crippen molar-refractivity contribution in [2.24, 2.45) is 0 Å². The van der Waals surface area contributed by atoms with E-state index in [0.717, 1.165) is 5.56 Å². The maximum atomic E-state index is 12.1. The molecule has 0 fully saturated rings. The Hall–Kier alpha value is -1.72. The van der Waals surface area contributed by atoms with Crippen molar-refractivity contribution >= 4 is 33.0 Å². The number of benzene rings is 2. The fourth-order valence-corrected chi connectivity index (χ4v) is 3.17. The van der Waals surface area contributed by atoms with Crippen LogP contribution in [0.4, 0.5) is 11.4 Å². The first-order valence-corrected chi connectivity index (χ1v) is 8.00. The van der Waals surface area contributed by atoms with E-state index in [1.54, 1.807) is 42.5 Å². The monoisotopic (exact) mass is 310 g/mol. The summed E-state index contributed by atoms with van der Waals surface area (Å²) in [6.07, 6.45) is 0. The van der Waals surface area contributed by atoms with Crippen LogP contribution >= 0.6 is 11.6 Å². The normalized spacial score (nSPS) is 11.3. The summed E-state index contributed by atoms with van der Waals surface area (Å²) in [6, 6.07) is 11.8. The van der Waals surface area contributed by atoms with Gasteiger partial charge in [-0.3, -0.25) is 4.72 Å². The second-order valence-corrected chi connectivity index (χ2v) is 6.72. The zero-order valence-corrected chi connectivity index (χ0v) is 12.5. The van der Waals surface area contributed by atoms with Gasteiger partial charge in [-0.05, 0) is 42.3 Å². The van der Waals surface area contributed by atoms with Crippen molar-refractivity contribution < 1.29 is 8.42 Å². The second-order valence-electron chi connectivity index (χ2n) is 4.56. The quantitative estimate of drug-likeness (QED) is 0.852. The van der Waals surface area contributed by atoms with Crippen LogP contribution in [0, 0.1) is 6.92 Å². The molecule has 0 heterocycles. The van der Waals surface area contributed by atoms with Crippen LogP contribution in [0.15, 0.2) is 42.5 Å². The summed E-state index contributed by atoms with van der Waals surface area (Å²) in [5.41, 5.74) is 8.15. The average Bonchev–Trinajstić information content (AvgIpc) is 2.36. The lowest BCUT2D eigenvalue weighted by atomic mass is 10.2. The molecule has 6 heteroatoms. The summed E-state index contributed by atoms with van der Waals surface area (Å²) in [5, 5.41) is 0.487. The summed E-state index contributed by atoms with van der Waals surface area (Å²) in [6.45, 7) is 1.82. The molecule has 3 N–H and O–H groups in total. The SMILES string of the molecule is Cc1ccc(Cl)cc1NS(=O)(=O)Cc1ccc(N)cc1. The van der Waals surface area contributed by atoms with Crippen LogP contribution in [0.2, 0.25) is 5.02 Å². The lowest BCUT2D eigenvalue weighted by Crippen LogP contribution is -2.15. The van der Waals surface area contributed by atoms with Gasteiger partial charge in [0.1, 0.15) is 0 Å². The van der Waals surface area contributed by atoms with Crippen molar-refractivity contribution in [2.75, 3.05) is 10.5 Å². The van der Waals surface area contributed by atoms with E-state index >= 15 is 0 Å². The van der Waals surface area contributed by atoms with Crippen LogP contribution in [-0.2, 0) is 15.8 Å². The van der Waals surface area contributed by atoms with Crippen LogP contribution < -0.4 is 10.5 Å². The third kappa shape index (κ3) is 3.88. The zero-order valence-electron chi connectivity index (χ0n) is 10.9. The van der Waals surface area contributed by atoms with Gasteiger partial charge in [-0.15, -0.1) is 0 Å². The highest BCUT2D eigenvalue weighted by molar-refractivity contribution is 7.91. The van der Waals surface area contributed by atoms with Gasteiger partial charge in [-0.2, -0.15) is 0 Å². The van der Waals surface area contributed by atoms with Gasteiger partial charge < -0.3 is 5.73 Å². The van der Waals surface area contributed by atoms with E-state index in [1.807, 2.05) is 6.92 Å². The van der Waals surface area contributed by atoms with Crippen molar-refractivity contribution in [3.8, 4) is 0 Å². The Morgan fingerprint density at radius 3 is 2.45 bits per heavy atom. The summed E-state index contributed by atoms with van der Waals surface area (Å²) in [7, 11) is -3.49. The number of anilines is 2. The number of hydrogen-bond acceptors (Lipinski definition) is 3. The van der Waals surface area contributed by atoms with Gasteiger partial charge in [0, 0.05) is 10.7 Å². The molecule has 0 radical (unpaired) electrons. The van der Waals surface area contributed by atoms with Crippen molar-refractivity contribution in [2.45, 2.75) is 12.7 Å². The maximum absolute atomic E-state index is 12.1. The number of rotatable bonds is 4. The largest absolute Gasteiger partial charge is 0.399 e. The highest BCUT2D eigenvalue weighted by atomic mass is 35.5. The zero-order chi connectivity index (χ0) is 14.8. The van der Waals surface area contributed by atoms with Crippen molar-refractivity contribution in [1.82, 2.24) is 0 Å². The minimum absolute atomic E-state index is 0.112. The molecule has 0 saturated heterocycles. The predicted molar refractivity (Wildman–Crippen MR) is 83.3 cm³/mol. The molecule has 0 atom stereocenters. The standard InChI is InChI=1S/C14H15ClN2O2S/c1-10-2-5-12(15)8-14(10)17-20(18,19)9-11-3-6-13(16)7-4-11/h2-8,17H,9,16H2,1H3. The van der Waals surface area contributed by atoms with E-state index in [-0.39, 0.29) is 5.75 Å². The molecule has 0 aliphatic rings. The van der Waals surface area contributed by atoms with Gasteiger partial charge in [0.25, 0.3) is 0 Å². The topological polar surface area (TPSA) is 72.2 Å². The third-order valence-electron chi connectivity index (χ3n) is 2.80. The van der Waals surface area contributed by atoms with E-state index < -0.39 is 10.0 Å². The van der Waals surface area contributed by atoms with Crippen molar-refractivity contribution in [3.05, 3.63) is 58.6 Å². The second kappa shape index (κ2) is 5.73. The maximum Gasteiger partial charge on any atom is 0.236 e. The van der Waals surface area contributed by atoms with Crippen molar-refractivity contribution in [1.29, 1.82) is 0 Å². The molecule has 106 valence electrons. The number of sulfonamides is 1. The van der Waals surface area contributed by atoms with Gasteiger partial charge in [0.05, 0.1) is 11.4 Å². The molecular formula is C14H15ClN2O2S. The summed E-state index contributed by atoms with van der Waals surface area (Å²) in [4.78, 5) is 0. The molecule has 0 spiro atoms. The summed E-state index contributed by atoms with van der Waals surface area (Å²) < 4.78 is 26.8. The molecule has 0 aliphatic heterocycles. The Morgan fingerprint density at radius 2 is 1.80 bits per heavy atom. The van der Waals surface area contributed by atoms with Crippen LogP contribution in [0.1, 0.15) is 11.1 Å². The fourth-order valence-electron chi connectivity index (χ4n) is 1.74. The van der Waals surface area contributed by atoms with Crippen LogP contribution in [0.5, 0.6) is 0 Å². The molecular weight excluding hydrogens is 296 g/mol. The number of aryl methyl sites for hydroxylation is 1. The number of halogens is 1. The summed E-state index contributed by atoms with van der Waals surface area (Å²) >= 11 is 5.87. The van der Waals surface area contributed by atoms with Gasteiger partial charge in [0.15, 0.2) is 0 Å². The molecule has 0 saturated carbocycles. The molecule has 0 aliphatic carbocycles. The number of nitrogens with two attached hydrogens (primary N) is 1. The molecule has 20 heavy (non-hydrogen) atoms. The van der Waals surface area contributed by atoms with E-state index in [2.05, 4.69) is 4.72 Å². The average molecular weight is 311 g/mol. The van der Waals surface area contributed by atoms with Gasteiger partial charge in [0.2, 0.25) is 10.0 Å². The first kappa shape index (κ1) is 14.7. The van der Waals surface area contributed by atoms with E-state index in [0.29, 0.717) is 22.0 Å². The van der Waals surface area contributed by atoms with Gasteiger partial charge in [-0.25, -0.2) is 8.42 Å². The molecule has 2 aromatic rings. The Balaban J connectivity index is 2.19. The molecule has 0 amide bonds. The highest BCUT2D eigenvalue weighted by Gasteiger charge is 2.13. The van der Waals surface area contributed by atoms with E-state index in [4.69, 9.17) is 17.3 Å². The molecule has 2 aromatic carbocycles. The Bertz CT molecular complexity index is 712. The summed E-state index contributed by atoms with van der Waals surface area (Å²) in [5.74, 6) is -0.112. The molecule has 0 bridgehead atoms. The lowest BCUT2D eigenvalue weighted by Gasteiger charge is -2.11. The van der Waals surface area contributed by atoms with E-state index in [1.165, 1.54) is 0 Å². The molecule has 0 unspecified atom stereocenters. The van der Waals surface area contributed by atoms with E-state index in [9.17, 15) is 8.42 Å². The predicted octanol–water partition coefficient (Wildman–Crippen LogP) is 3.17. The minimum Gasteiger partial charge on any atom is -0.399 e. The number of hydrogen-bond donors (Lipinski definition) is 2. The first-order chi connectivity index (χ1) is 9.35. The number of nitrogen functional groups attached to an aromatic ring is 1. The first-order valence-electron chi connectivity index (χ1n) is 5.97. The Morgan fingerprint density at radius 1 is 1.15 bits per heavy atom. The highest BCUT2D eigenvalue weighted by Crippen LogP contribution is 2.22. The Labute approximate surface area is 123 Å². The number of nitrogens with one attached hydrogen (secondary N) is 1. The Kier molecular flexibility index (Phi) is 4.20. The minimum atomic E-state index is -3.49. The van der Waals surface area contributed by atoms with Gasteiger partial charge in [-0.1, -0.05) is 29.8 Å². The van der Waals surface area contributed by atoms with Crippen LogP contribution in [-0.4, -0.2) is 8.42 Å². The lowest BCUT2D eigenvalue weighted by molar-refractivity contribution is 0.600. The van der Waals surface area contributed by atoms with Crippen LogP contribution in [0.3, 0.4) is 0 Å². The van der Waals surface area contributed by atoms with Crippen LogP contribution in [0.25, 0.3) is 0 Å². The third-order valence-corrected chi connectivity index (χ3v) is 4.28. The van der Waals surface area contributed by atoms with Gasteiger partial charge >= 0.3 is 0 Å².